The van der Waals surface area contributed by atoms with Crippen LogP contribution in [0, 0.1) is 0 Å². The van der Waals surface area contributed by atoms with Crippen LogP contribution in [-0.4, -0.2) is 71.4 Å². The zero-order valence-electron chi connectivity index (χ0n) is 48.6. The monoisotopic (exact) mass is 1100 g/mol. The van der Waals surface area contributed by atoms with Crippen molar-refractivity contribution >= 4 is 24.1 Å². The summed E-state index contributed by atoms with van der Waals surface area (Å²) in [6, 6.07) is 21.9. The molecule has 80 heavy (non-hydrogen) atoms. The van der Waals surface area contributed by atoms with Gasteiger partial charge in [0.15, 0.2) is 23.0 Å². The molecule has 13 heteroatoms. The van der Waals surface area contributed by atoms with Crippen molar-refractivity contribution in [3.8, 4) is 57.1 Å². The Morgan fingerprint density at radius 3 is 1.14 bits per heavy atom. The summed E-state index contributed by atoms with van der Waals surface area (Å²) in [5, 5.41) is 0. The fourth-order valence-electron chi connectivity index (χ4n) is 8.19. The smallest absolute Gasteiger partial charge is 0.336 e. The maximum atomic E-state index is 13.3. The Hall–Kier alpha value is -6.70. The van der Waals surface area contributed by atoms with Crippen LogP contribution >= 0.6 is 0 Å². The summed E-state index contributed by atoms with van der Waals surface area (Å²) >= 11 is 0. The molecule has 0 radical (unpaired) electrons. The number of unbranched alkanes of at least 4 members (excludes halogenated alkanes) is 14. The van der Waals surface area contributed by atoms with Gasteiger partial charge in [-0.2, -0.15) is 0 Å². The fourth-order valence-corrected chi connectivity index (χ4v) is 8.19. The molecule has 13 nitrogen and oxygen atoms in total. The van der Waals surface area contributed by atoms with Crippen molar-refractivity contribution < 1.29 is 62.0 Å². The maximum Gasteiger partial charge on any atom is 0.336 e. The first kappa shape index (κ1) is 65.8. The van der Waals surface area contributed by atoms with Gasteiger partial charge in [-0.15, -0.1) is 6.58 Å². The van der Waals surface area contributed by atoms with Crippen molar-refractivity contribution in [2.45, 2.75) is 156 Å². The molecule has 0 spiro atoms. The molecule has 438 valence electrons. The standard InChI is InChI=1S/C67H92O13/c1-7-13-17-21-49-73-64-56(33-41-60(71-47-26-25-46-70-12-6)66(64)75-51-23-19-15-9-3)35-43-62(68)79-58-37-29-54(30-38-58)55-31-39-59(40-32-55)80-63(69)44-36-57-34-42-61(72-48-27-28-53-78-77-45-11-5)67(76-52-24-20-16-10-4)65(57)74-50-22-18-14-8-2/h11-12,29-44H,5-10,13-28,45-53H2,1-4H3/b43-35+,44-36+. The molecule has 0 unspecified atom stereocenters. The van der Waals surface area contributed by atoms with Crippen LogP contribution in [0.25, 0.3) is 23.3 Å². The summed E-state index contributed by atoms with van der Waals surface area (Å²) in [4.78, 5) is 36.8. The van der Waals surface area contributed by atoms with E-state index in [2.05, 4.69) is 40.9 Å². The minimum Gasteiger partial charge on any atom is -0.502 e. The SMILES string of the molecule is C=CCOOCCCCOc1ccc(/C=C/C(=O)Oc2ccc(-c3ccc(OC(=O)/C=C/c4ccc(OCCCCOC=C)c(OCCCCCC)c4OCCCCCC)cc3)cc2)c(OCCCCCC)c1OCCCCCC. The molecule has 0 aliphatic heterocycles. The van der Waals surface area contributed by atoms with E-state index >= 15 is 0 Å². The number of carbonyl (C=O) groups excluding carboxylic acids is 2. The Morgan fingerprint density at radius 1 is 0.388 bits per heavy atom. The molecule has 0 bridgehead atoms. The molecule has 4 rings (SSSR count). The molecule has 0 saturated carbocycles. The van der Waals surface area contributed by atoms with Gasteiger partial charge in [0.05, 0.1) is 59.1 Å². The first-order valence-electron chi connectivity index (χ1n) is 29.5. The predicted molar refractivity (Wildman–Crippen MR) is 320 cm³/mol. The van der Waals surface area contributed by atoms with Crippen LogP contribution in [0.2, 0.25) is 0 Å². The Labute approximate surface area is 478 Å². The van der Waals surface area contributed by atoms with E-state index in [1.165, 1.54) is 18.4 Å². The molecule has 0 aliphatic carbocycles. The first-order valence-corrected chi connectivity index (χ1v) is 29.5. The lowest BCUT2D eigenvalue weighted by atomic mass is 10.1. The zero-order valence-corrected chi connectivity index (χ0v) is 48.6. The van der Waals surface area contributed by atoms with Gasteiger partial charge in [-0.05, 0) is 123 Å². The summed E-state index contributed by atoms with van der Waals surface area (Å²) in [5.41, 5.74) is 3.13. The van der Waals surface area contributed by atoms with Gasteiger partial charge in [0.2, 0.25) is 11.5 Å². The van der Waals surface area contributed by atoms with Crippen LogP contribution in [0.1, 0.15) is 167 Å². The van der Waals surface area contributed by atoms with Gasteiger partial charge >= 0.3 is 11.9 Å². The lowest BCUT2D eigenvalue weighted by Crippen LogP contribution is -2.08. The normalized spacial score (nSPS) is 11.2. The minimum absolute atomic E-state index is 0.335. The molecule has 0 aromatic heterocycles. The van der Waals surface area contributed by atoms with Crippen LogP contribution in [0.3, 0.4) is 0 Å². The molecule has 4 aromatic rings. The summed E-state index contributed by atoms with van der Waals surface area (Å²) in [5.74, 6) is 3.01. The van der Waals surface area contributed by atoms with E-state index in [9.17, 15) is 9.59 Å². The Balaban J connectivity index is 1.43. The number of hydrogen-bond acceptors (Lipinski definition) is 13. The Morgan fingerprint density at radius 2 is 0.750 bits per heavy atom. The second kappa shape index (κ2) is 42.2. The number of hydrogen-bond donors (Lipinski definition) is 0. The van der Waals surface area contributed by atoms with Crippen molar-refractivity contribution in [1.82, 2.24) is 0 Å². The van der Waals surface area contributed by atoms with Crippen LogP contribution in [-0.2, 0) is 24.1 Å². The van der Waals surface area contributed by atoms with Crippen LogP contribution in [0.4, 0.5) is 0 Å². The lowest BCUT2D eigenvalue weighted by molar-refractivity contribution is -0.286. The van der Waals surface area contributed by atoms with Crippen molar-refractivity contribution in [2.24, 2.45) is 0 Å². The van der Waals surface area contributed by atoms with Crippen molar-refractivity contribution in [2.75, 3.05) is 59.5 Å². The second-order valence-corrected chi connectivity index (χ2v) is 19.4. The van der Waals surface area contributed by atoms with Gasteiger partial charge in [0, 0.05) is 23.3 Å². The molecule has 0 fully saturated rings. The largest absolute Gasteiger partial charge is 0.502 e. The number of rotatable bonds is 47. The third-order valence-corrected chi connectivity index (χ3v) is 12.6. The van der Waals surface area contributed by atoms with Gasteiger partial charge in [-0.3, -0.25) is 0 Å². The second-order valence-electron chi connectivity index (χ2n) is 19.4. The van der Waals surface area contributed by atoms with Crippen molar-refractivity contribution in [1.29, 1.82) is 0 Å². The summed E-state index contributed by atoms with van der Waals surface area (Å²) in [6.07, 6.45) is 29.2. The Bertz CT molecular complexity index is 2390. The molecule has 0 atom stereocenters. The van der Waals surface area contributed by atoms with Gasteiger partial charge < -0.3 is 42.6 Å². The van der Waals surface area contributed by atoms with Gasteiger partial charge in [0.1, 0.15) is 18.1 Å². The highest BCUT2D eigenvalue weighted by molar-refractivity contribution is 5.90. The van der Waals surface area contributed by atoms with Gasteiger partial charge in [-0.25, -0.2) is 19.4 Å². The molecule has 0 N–H and O–H groups in total. The van der Waals surface area contributed by atoms with E-state index in [4.69, 9.17) is 52.4 Å². The number of carbonyl (C=O) groups is 2. The van der Waals surface area contributed by atoms with E-state index in [0.29, 0.717) is 117 Å². The van der Waals surface area contributed by atoms with E-state index in [-0.39, 0.29) is 0 Å². The van der Waals surface area contributed by atoms with E-state index < -0.39 is 11.9 Å². The minimum atomic E-state index is -0.547. The molecule has 0 amide bonds. The first-order chi connectivity index (χ1) is 39.3. The molecular formula is C67H92O13. The number of esters is 2. The van der Waals surface area contributed by atoms with Crippen LogP contribution < -0.4 is 37.9 Å². The van der Waals surface area contributed by atoms with E-state index in [1.54, 1.807) is 42.5 Å². The molecule has 0 saturated heterocycles. The topological polar surface area (TPSA) is 136 Å². The average Bonchev–Trinajstić information content (AvgIpc) is 3.50. The van der Waals surface area contributed by atoms with E-state index in [0.717, 1.165) is 140 Å². The molecule has 4 aromatic carbocycles. The third kappa shape index (κ3) is 26.5. The quantitative estimate of drug-likeness (QED) is 0.00607. The predicted octanol–water partition coefficient (Wildman–Crippen LogP) is 17.0. The summed E-state index contributed by atoms with van der Waals surface area (Å²) in [7, 11) is 0. The van der Waals surface area contributed by atoms with Crippen molar-refractivity contribution in [3.05, 3.63) is 122 Å². The zero-order chi connectivity index (χ0) is 57.1. The molecular weight excluding hydrogens is 1010 g/mol. The molecule has 0 heterocycles. The van der Waals surface area contributed by atoms with E-state index in [1.807, 2.05) is 48.5 Å². The van der Waals surface area contributed by atoms with Crippen LogP contribution in [0.5, 0.6) is 46.0 Å². The Kier molecular flexibility index (Phi) is 34.7. The number of ether oxygens (including phenoxy) is 9. The highest BCUT2D eigenvalue weighted by Crippen LogP contribution is 2.43. The summed E-state index contributed by atoms with van der Waals surface area (Å²) in [6.45, 7) is 20.3. The maximum absolute atomic E-state index is 13.3. The highest BCUT2D eigenvalue weighted by atomic mass is 17.2. The van der Waals surface area contributed by atoms with Crippen molar-refractivity contribution in [3.63, 3.8) is 0 Å². The van der Waals surface area contributed by atoms with Crippen LogP contribution in [0.15, 0.2) is 110 Å². The lowest BCUT2D eigenvalue weighted by Gasteiger charge is -2.19. The fraction of sp³-hybridized carbons (Fsp3) is 0.493. The van der Waals surface area contributed by atoms with Gasteiger partial charge in [0.25, 0.3) is 0 Å². The third-order valence-electron chi connectivity index (χ3n) is 12.6. The van der Waals surface area contributed by atoms with Gasteiger partial charge in [-0.1, -0.05) is 142 Å². The highest BCUT2D eigenvalue weighted by Gasteiger charge is 2.20. The summed E-state index contributed by atoms with van der Waals surface area (Å²) < 4.78 is 55.0. The average molecular weight is 1110 g/mol. The number of benzene rings is 4. The molecule has 0 aliphatic rings.